The lowest BCUT2D eigenvalue weighted by Crippen LogP contribution is -2.22. The number of nitrogens with one attached hydrogen (secondary N) is 2. The lowest BCUT2D eigenvalue weighted by molar-refractivity contribution is 0.473. The predicted molar refractivity (Wildman–Crippen MR) is 101 cm³/mol. The Morgan fingerprint density at radius 2 is 1.77 bits per heavy atom. The first-order valence-electron chi connectivity index (χ1n) is 7.88. The molecule has 0 aliphatic carbocycles. The fraction of sp³-hybridized carbons (Fsp3) is 0.0526. The molecular formula is C19H14ClN3O3. The van der Waals surface area contributed by atoms with Gasteiger partial charge in [-0.1, -0.05) is 41.9 Å². The maximum Gasteiger partial charge on any atom is 0.326 e. The number of aryl methyl sites for hydroxylation is 1. The van der Waals surface area contributed by atoms with E-state index in [1.807, 2.05) is 37.3 Å². The molecule has 0 aliphatic heterocycles. The smallest absolute Gasteiger partial charge is 0.326 e. The van der Waals surface area contributed by atoms with Crippen LogP contribution in [0.2, 0.25) is 5.15 Å². The number of phenols is 1. The van der Waals surface area contributed by atoms with Crippen LogP contribution in [0.1, 0.15) is 5.56 Å². The van der Waals surface area contributed by atoms with E-state index in [2.05, 4.69) is 9.97 Å². The van der Waals surface area contributed by atoms with Crippen LogP contribution in [0.4, 0.5) is 0 Å². The van der Waals surface area contributed by atoms with Crippen LogP contribution in [-0.2, 0) is 0 Å². The number of H-pyrrole nitrogens is 2. The lowest BCUT2D eigenvalue weighted by atomic mass is 10.0. The summed E-state index contributed by atoms with van der Waals surface area (Å²) in [5, 5.41) is 10.6. The minimum Gasteiger partial charge on any atom is -0.507 e. The Hall–Kier alpha value is -3.25. The Bertz CT molecular complexity index is 1250. The van der Waals surface area contributed by atoms with Gasteiger partial charge in [-0.15, -0.1) is 0 Å². The highest BCUT2D eigenvalue weighted by molar-refractivity contribution is 6.31. The van der Waals surface area contributed by atoms with E-state index in [1.54, 1.807) is 16.7 Å². The number of hydrogen-bond donors (Lipinski definition) is 3. The summed E-state index contributed by atoms with van der Waals surface area (Å²) in [7, 11) is 0. The van der Waals surface area contributed by atoms with E-state index in [9.17, 15) is 14.7 Å². The third kappa shape index (κ3) is 2.51. The summed E-state index contributed by atoms with van der Waals surface area (Å²) in [6.07, 6.45) is 0. The molecule has 2 heterocycles. The molecule has 0 bridgehead atoms. The number of fused-ring (bicyclic) bond motifs is 1. The Labute approximate surface area is 152 Å². The molecule has 130 valence electrons. The van der Waals surface area contributed by atoms with Crippen molar-refractivity contribution in [2.24, 2.45) is 0 Å². The lowest BCUT2D eigenvalue weighted by Gasteiger charge is -2.10. The van der Waals surface area contributed by atoms with Gasteiger partial charge in [-0.2, -0.15) is 0 Å². The molecule has 4 rings (SSSR count). The Morgan fingerprint density at radius 3 is 2.50 bits per heavy atom. The van der Waals surface area contributed by atoms with Crippen molar-refractivity contribution in [3.8, 4) is 22.6 Å². The van der Waals surface area contributed by atoms with Gasteiger partial charge in [0, 0.05) is 11.3 Å². The van der Waals surface area contributed by atoms with E-state index in [-0.39, 0.29) is 11.3 Å². The molecule has 0 fully saturated rings. The van der Waals surface area contributed by atoms with Crippen LogP contribution in [0.3, 0.4) is 0 Å². The quantitative estimate of drug-likeness (QED) is 0.507. The molecule has 0 saturated carbocycles. The second-order valence-corrected chi connectivity index (χ2v) is 6.38. The van der Waals surface area contributed by atoms with Crippen LogP contribution in [0.5, 0.6) is 5.75 Å². The van der Waals surface area contributed by atoms with Crippen molar-refractivity contribution in [2.75, 3.05) is 0 Å². The maximum atomic E-state index is 12.2. The molecule has 0 saturated heterocycles. The molecule has 7 heteroatoms. The van der Waals surface area contributed by atoms with Gasteiger partial charge in [-0.3, -0.25) is 14.3 Å². The molecule has 6 nitrogen and oxygen atoms in total. The van der Waals surface area contributed by atoms with Gasteiger partial charge in [-0.25, -0.2) is 4.79 Å². The average molecular weight is 368 g/mol. The van der Waals surface area contributed by atoms with Gasteiger partial charge in [0.2, 0.25) is 0 Å². The number of phenolic OH excluding ortho intramolecular Hbond substituents is 1. The number of para-hydroxylation sites is 1. The first-order chi connectivity index (χ1) is 12.5. The Morgan fingerprint density at radius 1 is 1.04 bits per heavy atom. The summed E-state index contributed by atoms with van der Waals surface area (Å²) in [6.45, 7) is 1.84. The summed E-state index contributed by atoms with van der Waals surface area (Å²) in [5.41, 5.74) is 2.55. The van der Waals surface area contributed by atoms with E-state index in [0.717, 1.165) is 16.7 Å². The number of hydrogen-bond acceptors (Lipinski definition) is 3. The van der Waals surface area contributed by atoms with Crippen LogP contribution in [0, 0.1) is 6.92 Å². The summed E-state index contributed by atoms with van der Waals surface area (Å²) in [5.74, 6) is 0.235. The molecule has 0 aliphatic rings. The summed E-state index contributed by atoms with van der Waals surface area (Å²) in [4.78, 5) is 28.4. The van der Waals surface area contributed by atoms with Crippen molar-refractivity contribution in [3.05, 3.63) is 80.1 Å². The number of halogens is 1. The Balaban J connectivity index is 1.87. The summed E-state index contributed by atoms with van der Waals surface area (Å²) < 4.78 is 1.56. The second-order valence-electron chi connectivity index (χ2n) is 5.99. The molecule has 2 aromatic carbocycles. The molecule has 4 aromatic rings. The minimum absolute atomic E-state index is 0.235. The van der Waals surface area contributed by atoms with Crippen LogP contribution < -0.4 is 11.2 Å². The number of nitrogens with zero attached hydrogens (tertiary/aromatic N) is 1. The second kappa shape index (κ2) is 5.93. The first kappa shape index (κ1) is 16.2. The molecule has 0 amide bonds. The van der Waals surface area contributed by atoms with E-state index in [4.69, 9.17) is 11.6 Å². The molecule has 0 radical (unpaired) electrons. The minimum atomic E-state index is -0.582. The zero-order valence-electron chi connectivity index (χ0n) is 13.7. The average Bonchev–Trinajstić information content (AvgIpc) is 2.93. The van der Waals surface area contributed by atoms with E-state index in [0.29, 0.717) is 16.4 Å². The van der Waals surface area contributed by atoms with Crippen molar-refractivity contribution in [1.82, 2.24) is 14.5 Å². The first-order valence-corrected chi connectivity index (χ1v) is 8.26. The number of aromatic nitrogens is 3. The van der Waals surface area contributed by atoms with Crippen LogP contribution in [-0.4, -0.2) is 19.6 Å². The van der Waals surface area contributed by atoms with Crippen molar-refractivity contribution in [1.29, 1.82) is 0 Å². The molecular weight excluding hydrogens is 354 g/mol. The normalized spacial score (nSPS) is 11.2. The fourth-order valence-electron chi connectivity index (χ4n) is 3.05. The van der Waals surface area contributed by atoms with Gasteiger partial charge in [0.1, 0.15) is 16.4 Å². The fourth-order valence-corrected chi connectivity index (χ4v) is 3.34. The van der Waals surface area contributed by atoms with Gasteiger partial charge in [0.15, 0.2) is 0 Å². The highest BCUT2D eigenvalue weighted by Gasteiger charge is 2.14. The molecule has 0 unspecified atom stereocenters. The monoisotopic (exact) mass is 367 g/mol. The van der Waals surface area contributed by atoms with E-state index >= 15 is 0 Å². The van der Waals surface area contributed by atoms with Gasteiger partial charge in [-0.05, 0) is 36.2 Å². The zero-order chi connectivity index (χ0) is 18.4. The molecule has 0 atom stereocenters. The SMILES string of the molecule is Cc1cccc(-c2ccc(-n3c(Cl)cc4[nH]c(=O)[nH]c(=O)c43)cc2)c1O. The van der Waals surface area contributed by atoms with Gasteiger partial charge >= 0.3 is 5.69 Å². The number of benzene rings is 2. The van der Waals surface area contributed by atoms with Crippen molar-refractivity contribution < 1.29 is 5.11 Å². The Kier molecular flexibility index (Phi) is 3.70. The third-order valence-corrected chi connectivity index (χ3v) is 4.60. The molecule has 0 spiro atoms. The van der Waals surface area contributed by atoms with E-state index in [1.165, 1.54) is 6.07 Å². The van der Waals surface area contributed by atoms with Crippen molar-refractivity contribution >= 4 is 22.6 Å². The zero-order valence-corrected chi connectivity index (χ0v) is 14.5. The van der Waals surface area contributed by atoms with Gasteiger partial charge < -0.3 is 10.1 Å². The maximum absolute atomic E-state index is 12.2. The number of aromatic amines is 2. The van der Waals surface area contributed by atoms with Crippen molar-refractivity contribution in [3.63, 3.8) is 0 Å². The highest BCUT2D eigenvalue weighted by Crippen LogP contribution is 2.33. The summed E-state index contributed by atoms with van der Waals surface area (Å²) in [6, 6.07) is 14.4. The van der Waals surface area contributed by atoms with Crippen LogP contribution >= 0.6 is 11.6 Å². The molecule has 3 N–H and O–H groups in total. The van der Waals surface area contributed by atoms with E-state index < -0.39 is 11.2 Å². The third-order valence-electron chi connectivity index (χ3n) is 4.32. The van der Waals surface area contributed by atoms with Gasteiger partial charge in [0.05, 0.1) is 5.52 Å². The highest BCUT2D eigenvalue weighted by atomic mass is 35.5. The largest absolute Gasteiger partial charge is 0.507 e. The van der Waals surface area contributed by atoms with Crippen LogP contribution in [0.15, 0.2) is 58.1 Å². The standard InChI is InChI=1S/C19H14ClN3O3/c1-10-3-2-4-13(17(10)24)11-5-7-12(8-6-11)23-15(20)9-14-16(23)18(25)22-19(26)21-14/h2-9,24H,1H3,(H2,21,22,25,26). The summed E-state index contributed by atoms with van der Waals surface area (Å²) >= 11 is 6.28. The number of rotatable bonds is 2. The molecule has 26 heavy (non-hydrogen) atoms. The molecule has 2 aromatic heterocycles. The van der Waals surface area contributed by atoms with Crippen LogP contribution in [0.25, 0.3) is 27.8 Å². The number of aromatic hydroxyl groups is 1. The topological polar surface area (TPSA) is 90.9 Å². The van der Waals surface area contributed by atoms with Gasteiger partial charge in [0.25, 0.3) is 5.56 Å². The predicted octanol–water partition coefficient (Wildman–Crippen LogP) is 3.34. The van der Waals surface area contributed by atoms with Crippen molar-refractivity contribution in [2.45, 2.75) is 6.92 Å².